The van der Waals surface area contributed by atoms with Gasteiger partial charge in [-0.2, -0.15) is 0 Å². The van der Waals surface area contributed by atoms with Crippen molar-refractivity contribution in [3.05, 3.63) is 59.5 Å². The van der Waals surface area contributed by atoms with Crippen LogP contribution in [0.2, 0.25) is 5.02 Å². The van der Waals surface area contributed by atoms with Crippen LogP contribution >= 0.6 is 11.6 Å². The first-order valence-corrected chi connectivity index (χ1v) is 8.99. The molecular formula is C19H20ClN5O. The Hall–Kier alpha value is -2.73. The molecule has 0 bridgehead atoms. The van der Waals surface area contributed by atoms with Gasteiger partial charge in [0, 0.05) is 24.5 Å². The van der Waals surface area contributed by atoms with E-state index in [9.17, 15) is 4.79 Å². The summed E-state index contributed by atoms with van der Waals surface area (Å²) >= 11 is 6.32. The summed E-state index contributed by atoms with van der Waals surface area (Å²) < 4.78 is 1.58. The molecule has 0 saturated carbocycles. The molecule has 3 rings (SSSR count). The molecule has 0 aliphatic rings. The lowest BCUT2D eigenvalue weighted by Gasteiger charge is -2.09. The molecule has 1 aromatic carbocycles. The van der Waals surface area contributed by atoms with Crippen molar-refractivity contribution >= 4 is 17.5 Å². The fourth-order valence-electron chi connectivity index (χ4n) is 2.65. The number of para-hydroxylation sites is 1. The number of hydrogen-bond donors (Lipinski definition) is 1. The van der Waals surface area contributed by atoms with Gasteiger partial charge in [-0.15, -0.1) is 5.10 Å². The van der Waals surface area contributed by atoms with Gasteiger partial charge in [0.2, 0.25) is 0 Å². The van der Waals surface area contributed by atoms with Crippen molar-refractivity contribution in [1.82, 2.24) is 25.3 Å². The highest BCUT2D eigenvalue weighted by molar-refractivity contribution is 6.32. The Morgan fingerprint density at radius 1 is 1.19 bits per heavy atom. The van der Waals surface area contributed by atoms with Crippen molar-refractivity contribution in [3.63, 3.8) is 0 Å². The van der Waals surface area contributed by atoms with Crippen LogP contribution in [-0.4, -0.2) is 32.4 Å². The van der Waals surface area contributed by atoms with E-state index in [1.807, 2.05) is 30.3 Å². The first-order valence-electron chi connectivity index (χ1n) is 8.61. The van der Waals surface area contributed by atoms with Gasteiger partial charge in [-0.3, -0.25) is 9.78 Å². The van der Waals surface area contributed by atoms with Crippen LogP contribution in [0.15, 0.2) is 48.8 Å². The lowest BCUT2D eigenvalue weighted by atomic mass is 10.1. The number of halogens is 1. The zero-order valence-electron chi connectivity index (χ0n) is 14.5. The highest BCUT2D eigenvalue weighted by atomic mass is 35.5. The summed E-state index contributed by atoms with van der Waals surface area (Å²) in [6, 6.07) is 11.0. The second kappa shape index (κ2) is 8.58. The molecule has 0 aliphatic carbocycles. The Labute approximate surface area is 157 Å². The predicted octanol–water partition coefficient (Wildman–Crippen LogP) is 3.90. The molecule has 3 aromatic rings. The number of nitrogens with zero attached hydrogens (tertiary/aromatic N) is 4. The molecule has 26 heavy (non-hydrogen) atoms. The Morgan fingerprint density at radius 2 is 2.04 bits per heavy atom. The van der Waals surface area contributed by atoms with Crippen LogP contribution in [0.4, 0.5) is 0 Å². The first-order chi connectivity index (χ1) is 12.7. The SMILES string of the molecule is CCCCCNC(=O)c1nnn(-c2ccccc2Cl)c1-c1cccnc1. The van der Waals surface area contributed by atoms with E-state index in [1.54, 1.807) is 23.1 Å². The van der Waals surface area contributed by atoms with Gasteiger partial charge in [0.25, 0.3) is 5.91 Å². The van der Waals surface area contributed by atoms with Crippen LogP contribution < -0.4 is 5.32 Å². The molecule has 1 N–H and O–H groups in total. The average molecular weight is 370 g/mol. The number of amides is 1. The maximum atomic E-state index is 12.7. The van der Waals surface area contributed by atoms with Crippen LogP contribution in [0.25, 0.3) is 16.9 Å². The number of carbonyl (C=O) groups excluding carboxylic acids is 1. The average Bonchev–Trinajstić information content (AvgIpc) is 3.11. The summed E-state index contributed by atoms with van der Waals surface area (Å²) in [6.07, 6.45) is 6.46. The van der Waals surface area contributed by atoms with Gasteiger partial charge >= 0.3 is 0 Å². The molecule has 0 aliphatic heterocycles. The maximum absolute atomic E-state index is 12.7. The standard InChI is InChI=1S/C19H20ClN5O/c1-2-3-6-12-22-19(26)17-18(14-8-7-11-21-13-14)25(24-23-17)16-10-5-4-9-15(16)20/h4-5,7-11,13H,2-3,6,12H2,1H3,(H,22,26). The van der Waals surface area contributed by atoms with E-state index in [2.05, 4.69) is 27.5 Å². The lowest BCUT2D eigenvalue weighted by molar-refractivity contribution is 0.0948. The summed E-state index contributed by atoms with van der Waals surface area (Å²) in [5, 5.41) is 11.7. The van der Waals surface area contributed by atoms with Crippen LogP contribution in [0, 0.1) is 0 Å². The number of unbranched alkanes of at least 4 members (excludes halogenated alkanes) is 2. The van der Waals surface area contributed by atoms with Crippen molar-refractivity contribution < 1.29 is 4.79 Å². The highest BCUT2D eigenvalue weighted by Crippen LogP contribution is 2.28. The van der Waals surface area contributed by atoms with Crippen molar-refractivity contribution in [1.29, 1.82) is 0 Å². The molecule has 2 heterocycles. The monoisotopic (exact) mass is 369 g/mol. The summed E-state index contributed by atoms with van der Waals surface area (Å²) in [5.74, 6) is -0.252. The van der Waals surface area contributed by atoms with Gasteiger partial charge in [-0.05, 0) is 30.7 Å². The fourth-order valence-corrected chi connectivity index (χ4v) is 2.87. The molecule has 0 spiro atoms. The largest absolute Gasteiger partial charge is 0.351 e. The Kier molecular flexibility index (Phi) is 5.96. The smallest absolute Gasteiger partial charge is 0.274 e. The zero-order chi connectivity index (χ0) is 18.4. The minimum absolute atomic E-state index is 0.252. The molecule has 134 valence electrons. The number of aromatic nitrogens is 4. The molecule has 0 radical (unpaired) electrons. The van der Waals surface area contributed by atoms with Crippen LogP contribution in [-0.2, 0) is 0 Å². The molecule has 0 saturated heterocycles. The molecule has 0 fully saturated rings. The summed E-state index contributed by atoms with van der Waals surface area (Å²) in [5.41, 5.74) is 2.23. The van der Waals surface area contributed by atoms with E-state index in [1.165, 1.54) is 0 Å². The van der Waals surface area contributed by atoms with E-state index in [0.29, 0.717) is 22.9 Å². The minimum Gasteiger partial charge on any atom is -0.351 e. The van der Waals surface area contributed by atoms with E-state index in [4.69, 9.17) is 11.6 Å². The molecule has 2 aromatic heterocycles. The Balaban J connectivity index is 2.01. The summed E-state index contributed by atoms with van der Waals surface area (Å²) in [6.45, 7) is 2.73. The topological polar surface area (TPSA) is 72.7 Å². The third kappa shape index (κ3) is 3.91. The molecular weight excluding hydrogens is 350 g/mol. The minimum atomic E-state index is -0.252. The highest BCUT2D eigenvalue weighted by Gasteiger charge is 2.22. The number of pyridine rings is 1. The molecule has 1 amide bonds. The second-order valence-corrected chi connectivity index (χ2v) is 6.26. The number of benzene rings is 1. The quantitative estimate of drug-likeness (QED) is 0.641. The lowest BCUT2D eigenvalue weighted by Crippen LogP contribution is -2.25. The maximum Gasteiger partial charge on any atom is 0.274 e. The van der Waals surface area contributed by atoms with Crippen molar-refractivity contribution in [2.75, 3.05) is 6.54 Å². The third-order valence-corrected chi connectivity index (χ3v) is 4.29. The predicted molar refractivity (Wildman–Crippen MR) is 101 cm³/mol. The molecule has 7 heteroatoms. The normalized spacial score (nSPS) is 10.7. The van der Waals surface area contributed by atoms with Crippen molar-refractivity contribution in [2.24, 2.45) is 0 Å². The van der Waals surface area contributed by atoms with Crippen LogP contribution in [0.1, 0.15) is 36.7 Å². The van der Waals surface area contributed by atoms with Gasteiger partial charge < -0.3 is 5.32 Å². The Morgan fingerprint density at radius 3 is 2.77 bits per heavy atom. The van der Waals surface area contributed by atoms with E-state index >= 15 is 0 Å². The molecule has 0 atom stereocenters. The summed E-state index contributed by atoms with van der Waals surface area (Å²) in [4.78, 5) is 16.8. The number of nitrogens with one attached hydrogen (secondary N) is 1. The van der Waals surface area contributed by atoms with Crippen LogP contribution in [0.5, 0.6) is 0 Å². The van der Waals surface area contributed by atoms with Crippen molar-refractivity contribution in [2.45, 2.75) is 26.2 Å². The molecule has 0 unspecified atom stereocenters. The summed E-state index contributed by atoms with van der Waals surface area (Å²) in [7, 11) is 0. The van der Waals surface area contributed by atoms with Gasteiger partial charge in [-0.1, -0.05) is 48.7 Å². The van der Waals surface area contributed by atoms with Gasteiger partial charge in [-0.25, -0.2) is 4.68 Å². The Bertz CT molecular complexity index is 879. The van der Waals surface area contributed by atoms with E-state index in [0.717, 1.165) is 24.8 Å². The second-order valence-electron chi connectivity index (χ2n) is 5.85. The zero-order valence-corrected chi connectivity index (χ0v) is 15.3. The fraction of sp³-hybridized carbons (Fsp3) is 0.263. The molecule has 6 nitrogen and oxygen atoms in total. The third-order valence-electron chi connectivity index (χ3n) is 3.97. The van der Waals surface area contributed by atoms with Crippen molar-refractivity contribution in [3.8, 4) is 16.9 Å². The van der Waals surface area contributed by atoms with E-state index < -0.39 is 0 Å². The van der Waals surface area contributed by atoms with Gasteiger partial charge in [0.15, 0.2) is 5.69 Å². The van der Waals surface area contributed by atoms with E-state index in [-0.39, 0.29) is 11.6 Å². The van der Waals surface area contributed by atoms with Crippen LogP contribution in [0.3, 0.4) is 0 Å². The number of hydrogen-bond acceptors (Lipinski definition) is 4. The number of rotatable bonds is 7. The first kappa shape index (κ1) is 18.1. The van der Waals surface area contributed by atoms with Gasteiger partial charge in [0.05, 0.1) is 10.7 Å². The number of carbonyl (C=O) groups is 1. The van der Waals surface area contributed by atoms with Gasteiger partial charge in [0.1, 0.15) is 5.69 Å².